The van der Waals surface area contributed by atoms with Gasteiger partial charge in [0.2, 0.25) is 0 Å². The Morgan fingerprint density at radius 3 is 2.75 bits per heavy atom. The van der Waals surface area contributed by atoms with E-state index < -0.39 is 11.2 Å². The number of ether oxygens (including phenoxy) is 1. The molecule has 7 heteroatoms. The molecule has 140 valence electrons. The predicted molar refractivity (Wildman–Crippen MR) is 113 cm³/mol. The van der Waals surface area contributed by atoms with Crippen molar-refractivity contribution >= 4 is 40.0 Å². The first kappa shape index (κ1) is 16.5. The summed E-state index contributed by atoms with van der Waals surface area (Å²) in [7, 11) is 0. The number of hydrogen-bond acceptors (Lipinski definition) is 6. The van der Waals surface area contributed by atoms with Crippen LogP contribution in [0, 0.1) is 0 Å². The molecule has 0 aliphatic carbocycles. The first-order chi connectivity index (χ1) is 13.7. The van der Waals surface area contributed by atoms with Gasteiger partial charge in [-0.2, -0.15) is 0 Å². The Morgan fingerprint density at radius 2 is 1.82 bits per heavy atom. The van der Waals surface area contributed by atoms with Crippen LogP contribution in [0.3, 0.4) is 0 Å². The summed E-state index contributed by atoms with van der Waals surface area (Å²) >= 11 is 0.827. The third-order valence-electron chi connectivity index (χ3n) is 5.20. The van der Waals surface area contributed by atoms with E-state index in [0.29, 0.717) is 5.88 Å². The van der Waals surface area contributed by atoms with Crippen LogP contribution in [0.4, 0.5) is 17.1 Å². The van der Waals surface area contributed by atoms with E-state index in [1.165, 1.54) is 4.90 Å². The van der Waals surface area contributed by atoms with Gasteiger partial charge < -0.3 is 25.2 Å². The standard InChI is InChI=1S/C21H17N3O2S2/c25-28-11-22-15-7-5-13(10-19(15)28)21-24-16-9-12(6-8-18(16)27-21)20-23-14-3-1-2-4-17(14)26-20/h1-10,20-24H,11H2. The van der Waals surface area contributed by atoms with Crippen molar-refractivity contribution in [3.05, 3.63) is 71.8 Å². The van der Waals surface area contributed by atoms with Crippen LogP contribution >= 0.6 is 11.8 Å². The molecule has 5 nitrogen and oxygen atoms in total. The number of anilines is 3. The Morgan fingerprint density at radius 1 is 0.929 bits per heavy atom. The van der Waals surface area contributed by atoms with Crippen molar-refractivity contribution in [1.29, 1.82) is 0 Å². The first-order valence-electron chi connectivity index (χ1n) is 9.10. The van der Waals surface area contributed by atoms with Gasteiger partial charge in [0, 0.05) is 33.4 Å². The Hall–Kier alpha value is -2.48. The first-order valence-corrected chi connectivity index (χ1v) is 11.3. The normalized spacial score (nSPS) is 23.7. The largest absolute Gasteiger partial charge is 0.610 e. The second-order valence-electron chi connectivity index (χ2n) is 6.96. The fourth-order valence-corrected chi connectivity index (χ4v) is 5.98. The third kappa shape index (κ3) is 2.62. The SMILES string of the molecule is [O-][S+]1CNc2ccc(C3Nc4cc(C5Nc6ccccc6O5)ccc4S3)cc21. The van der Waals surface area contributed by atoms with Crippen molar-refractivity contribution in [2.24, 2.45) is 0 Å². The molecule has 0 radical (unpaired) electrons. The number of benzene rings is 3. The van der Waals surface area contributed by atoms with Crippen molar-refractivity contribution in [2.75, 3.05) is 21.8 Å². The molecule has 3 aromatic carbocycles. The number of thioether (sulfide) groups is 1. The van der Waals surface area contributed by atoms with Crippen LogP contribution in [0.1, 0.15) is 22.7 Å². The molecule has 3 heterocycles. The Kier molecular flexibility index (Phi) is 3.69. The Balaban J connectivity index is 1.25. The van der Waals surface area contributed by atoms with Crippen molar-refractivity contribution in [1.82, 2.24) is 0 Å². The maximum Gasteiger partial charge on any atom is 0.196 e. The second kappa shape index (κ2) is 6.27. The molecule has 0 spiro atoms. The highest BCUT2D eigenvalue weighted by molar-refractivity contribution is 8.00. The van der Waals surface area contributed by atoms with Crippen LogP contribution in [-0.2, 0) is 11.2 Å². The molecule has 3 aromatic rings. The lowest BCUT2D eigenvalue weighted by Gasteiger charge is -2.14. The van der Waals surface area contributed by atoms with Crippen molar-refractivity contribution in [3.63, 3.8) is 0 Å². The minimum atomic E-state index is -0.956. The average molecular weight is 408 g/mol. The van der Waals surface area contributed by atoms with E-state index in [2.05, 4.69) is 46.3 Å². The van der Waals surface area contributed by atoms with Gasteiger partial charge in [-0.1, -0.05) is 36.0 Å². The summed E-state index contributed by atoms with van der Waals surface area (Å²) in [4.78, 5) is 2.11. The molecule has 0 saturated heterocycles. The van der Waals surface area contributed by atoms with Crippen LogP contribution in [0.2, 0.25) is 0 Å². The average Bonchev–Trinajstić information content (AvgIpc) is 3.43. The molecular weight excluding hydrogens is 390 g/mol. The van der Waals surface area contributed by atoms with Gasteiger partial charge in [0.25, 0.3) is 0 Å². The lowest BCUT2D eigenvalue weighted by atomic mass is 10.1. The Bertz CT molecular complexity index is 1070. The topological polar surface area (TPSA) is 68.4 Å². The van der Waals surface area contributed by atoms with Gasteiger partial charge in [-0.05, 0) is 35.9 Å². The fourth-order valence-electron chi connectivity index (χ4n) is 3.77. The van der Waals surface area contributed by atoms with Crippen LogP contribution in [0.15, 0.2) is 70.5 Å². The summed E-state index contributed by atoms with van der Waals surface area (Å²) in [5.74, 6) is 1.39. The van der Waals surface area contributed by atoms with E-state index in [4.69, 9.17) is 4.74 Å². The van der Waals surface area contributed by atoms with Gasteiger partial charge in [-0.25, -0.2) is 0 Å². The van der Waals surface area contributed by atoms with E-state index in [-0.39, 0.29) is 11.6 Å². The molecule has 3 aliphatic rings. The highest BCUT2D eigenvalue weighted by Gasteiger charge is 2.30. The molecule has 3 atom stereocenters. The Labute approximate surface area is 170 Å². The van der Waals surface area contributed by atoms with Gasteiger partial charge in [0.15, 0.2) is 17.0 Å². The zero-order valence-electron chi connectivity index (χ0n) is 14.8. The lowest BCUT2D eigenvalue weighted by molar-refractivity contribution is 0.260. The minimum absolute atomic E-state index is 0.114. The molecule has 0 bridgehead atoms. The van der Waals surface area contributed by atoms with Gasteiger partial charge in [0.05, 0.1) is 11.4 Å². The summed E-state index contributed by atoms with van der Waals surface area (Å²) in [5.41, 5.74) is 5.33. The highest BCUT2D eigenvalue weighted by atomic mass is 32.2. The maximum absolute atomic E-state index is 12.1. The minimum Gasteiger partial charge on any atom is -0.610 e. The number of fused-ring (bicyclic) bond motifs is 3. The number of rotatable bonds is 2. The van der Waals surface area contributed by atoms with Crippen LogP contribution < -0.4 is 20.7 Å². The summed E-state index contributed by atoms with van der Waals surface area (Å²) < 4.78 is 18.2. The lowest BCUT2D eigenvalue weighted by Crippen LogP contribution is -2.10. The number of para-hydroxylation sites is 2. The van der Waals surface area contributed by atoms with Crippen LogP contribution in [-0.4, -0.2) is 10.4 Å². The molecule has 0 amide bonds. The van der Waals surface area contributed by atoms with Crippen molar-refractivity contribution < 1.29 is 9.29 Å². The van der Waals surface area contributed by atoms with Gasteiger partial charge in [0.1, 0.15) is 11.1 Å². The summed E-state index contributed by atoms with van der Waals surface area (Å²) in [5, 5.41) is 10.3. The van der Waals surface area contributed by atoms with Crippen LogP contribution in [0.25, 0.3) is 0 Å². The third-order valence-corrected chi connectivity index (χ3v) is 7.67. The van der Waals surface area contributed by atoms with E-state index in [1.807, 2.05) is 30.3 Å². The van der Waals surface area contributed by atoms with Crippen molar-refractivity contribution in [3.8, 4) is 5.75 Å². The quantitative estimate of drug-likeness (QED) is 0.525. The van der Waals surface area contributed by atoms with E-state index in [1.54, 1.807) is 11.8 Å². The highest BCUT2D eigenvalue weighted by Crippen LogP contribution is 2.49. The van der Waals surface area contributed by atoms with E-state index in [9.17, 15) is 4.55 Å². The zero-order chi connectivity index (χ0) is 18.7. The molecule has 0 saturated carbocycles. The predicted octanol–water partition coefficient (Wildman–Crippen LogP) is 4.90. The molecule has 0 aromatic heterocycles. The van der Waals surface area contributed by atoms with Crippen molar-refractivity contribution in [2.45, 2.75) is 21.4 Å². The van der Waals surface area contributed by atoms with Gasteiger partial charge >= 0.3 is 0 Å². The molecule has 0 fully saturated rings. The molecular formula is C21H17N3O2S2. The summed E-state index contributed by atoms with van der Waals surface area (Å²) in [6, 6.07) is 20.6. The molecule has 3 unspecified atom stereocenters. The zero-order valence-corrected chi connectivity index (χ0v) is 16.4. The number of hydrogen-bond donors (Lipinski definition) is 3. The second-order valence-corrected chi connectivity index (χ2v) is 9.52. The van der Waals surface area contributed by atoms with Gasteiger partial charge in [-0.3, -0.25) is 0 Å². The monoisotopic (exact) mass is 407 g/mol. The summed E-state index contributed by atoms with van der Waals surface area (Å²) in [6.07, 6.45) is -0.179. The molecule has 3 aliphatic heterocycles. The summed E-state index contributed by atoms with van der Waals surface area (Å²) in [6.45, 7) is 0. The van der Waals surface area contributed by atoms with Crippen LogP contribution in [0.5, 0.6) is 5.75 Å². The molecule has 3 N–H and O–H groups in total. The number of nitrogens with one attached hydrogen (secondary N) is 3. The molecule has 6 rings (SSSR count). The molecule has 28 heavy (non-hydrogen) atoms. The van der Waals surface area contributed by atoms with E-state index in [0.717, 1.165) is 38.8 Å². The smallest absolute Gasteiger partial charge is 0.196 e. The van der Waals surface area contributed by atoms with E-state index >= 15 is 0 Å². The fraction of sp³-hybridized carbons (Fsp3) is 0.143. The maximum atomic E-state index is 12.1. The van der Waals surface area contributed by atoms with Gasteiger partial charge in [-0.15, -0.1) is 0 Å².